The zero-order valence-corrected chi connectivity index (χ0v) is 8.85. The number of nitro benzene ring substituents is 1. The number of nitrogens with zero attached hydrogens (tertiary/aromatic N) is 2. The van der Waals surface area contributed by atoms with Crippen molar-refractivity contribution in [3.8, 4) is 11.8 Å². The topological polar surface area (TPSA) is 145 Å². The maximum Gasteiger partial charge on any atom is 0.270 e. The van der Waals surface area contributed by atoms with Gasteiger partial charge in [-0.15, -0.1) is 0 Å². The molecule has 1 aromatic carbocycles. The number of carbonyl (C=O) groups excluding carboxylic acids is 1. The summed E-state index contributed by atoms with van der Waals surface area (Å²) in [5.41, 5.74) is -1.42. The van der Waals surface area contributed by atoms with Crippen LogP contribution in [-0.4, -0.2) is 32.6 Å². The van der Waals surface area contributed by atoms with Crippen LogP contribution in [0.25, 0.3) is 0 Å². The van der Waals surface area contributed by atoms with Gasteiger partial charge >= 0.3 is 0 Å². The quantitative estimate of drug-likeness (QED) is 0.296. The van der Waals surface area contributed by atoms with Gasteiger partial charge < -0.3 is 15.3 Å². The third-order valence-corrected chi connectivity index (χ3v) is 2.24. The highest BCUT2D eigenvalue weighted by atomic mass is 16.6. The molecule has 0 aliphatic heterocycles. The van der Waals surface area contributed by atoms with Gasteiger partial charge in [-0.1, -0.05) is 0 Å². The molecule has 1 rings (SSSR count). The lowest BCUT2D eigenvalue weighted by atomic mass is 10.00. The van der Waals surface area contributed by atoms with Gasteiger partial charge in [0.2, 0.25) is 0 Å². The Kier molecular flexibility index (Phi) is 3.93. The summed E-state index contributed by atoms with van der Waals surface area (Å²) in [6, 6.07) is 2.91. The molecule has 18 heavy (non-hydrogen) atoms. The van der Waals surface area contributed by atoms with Crippen molar-refractivity contribution in [2.24, 2.45) is 0 Å². The monoisotopic (exact) mass is 252 g/mol. The summed E-state index contributed by atoms with van der Waals surface area (Å²) in [7, 11) is 0. The number of rotatable bonds is 4. The first-order chi connectivity index (χ1) is 8.42. The Morgan fingerprint density at radius 1 is 1.44 bits per heavy atom. The summed E-state index contributed by atoms with van der Waals surface area (Å²) in [5.74, 6) is -0.711. The van der Waals surface area contributed by atoms with Crippen LogP contribution in [0.3, 0.4) is 0 Å². The SMILES string of the molecule is N#CC(O)C(O)c1cc([N+](=O)[O-])cc(C=O)c1O. The molecule has 3 N–H and O–H groups in total. The summed E-state index contributed by atoms with van der Waals surface area (Å²) in [4.78, 5) is 20.4. The summed E-state index contributed by atoms with van der Waals surface area (Å²) >= 11 is 0. The Hall–Kier alpha value is -2.50. The van der Waals surface area contributed by atoms with Gasteiger partial charge in [0.05, 0.1) is 16.6 Å². The highest BCUT2D eigenvalue weighted by Crippen LogP contribution is 2.33. The first-order valence-electron chi connectivity index (χ1n) is 4.64. The van der Waals surface area contributed by atoms with E-state index in [9.17, 15) is 25.1 Å². The van der Waals surface area contributed by atoms with Gasteiger partial charge in [-0.3, -0.25) is 14.9 Å². The molecule has 0 saturated heterocycles. The molecule has 2 unspecified atom stereocenters. The average Bonchev–Trinajstić information content (AvgIpc) is 2.36. The number of aliphatic hydroxyl groups is 2. The second kappa shape index (κ2) is 5.22. The molecule has 0 spiro atoms. The molecule has 0 bridgehead atoms. The maximum atomic E-state index is 10.6. The van der Waals surface area contributed by atoms with Crippen molar-refractivity contribution in [2.45, 2.75) is 12.2 Å². The van der Waals surface area contributed by atoms with Crippen LogP contribution in [0.4, 0.5) is 5.69 Å². The average molecular weight is 252 g/mol. The van der Waals surface area contributed by atoms with E-state index in [4.69, 9.17) is 10.4 Å². The number of phenolic OH excluding ortho intramolecular Hbond substituents is 1. The van der Waals surface area contributed by atoms with E-state index >= 15 is 0 Å². The summed E-state index contributed by atoms with van der Waals surface area (Å²) in [6.07, 6.45) is -3.57. The number of carbonyl (C=O) groups is 1. The van der Waals surface area contributed by atoms with Crippen LogP contribution in [0.15, 0.2) is 12.1 Å². The van der Waals surface area contributed by atoms with Gasteiger partial charge in [0.1, 0.15) is 11.9 Å². The molecule has 94 valence electrons. The number of aliphatic hydroxyl groups excluding tert-OH is 2. The molecule has 0 aliphatic rings. The fraction of sp³-hybridized carbons (Fsp3) is 0.200. The molecule has 2 atom stereocenters. The van der Waals surface area contributed by atoms with E-state index in [1.165, 1.54) is 6.07 Å². The van der Waals surface area contributed by atoms with Crippen LogP contribution in [-0.2, 0) is 0 Å². The second-order valence-electron chi connectivity index (χ2n) is 3.37. The van der Waals surface area contributed by atoms with Crippen molar-refractivity contribution in [2.75, 3.05) is 0 Å². The smallest absolute Gasteiger partial charge is 0.270 e. The Balaban J connectivity index is 3.43. The third-order valence-electron chi connectivity index (χ3n) is 2.24. The van der Waals surface area contributed by atoms with Crippen molar-refractivity contribution in [3.05, 3.63) is 33.4 Å². The zero-order valence-electron chi connectivity index (χ0n) is 8.85. The van der Waals surface area contributed by atoms with Crippen molar-refractivity contribution >= 4 is 12.0 Å². The Bertz CT molecular complexity index is 536. The molecule has 8 heteroatoms. The molecule has 0 heterocycles. The molecule has 0 fully saturated rings. The molecule has 1 aromatic rings. The Morgan fingerprint density at radius 2 is 2.06 bits per heavy atom. The van der Waals surface area contributed by atoms with Gasteiger partial charge in [-0.25, -0.2) is 0 Å². The number of benzene rings is 1. The fourth-order valence-electron chi connectivity index (χ4n) is 1.33. The number of non-ortho nitro benzene ring substituents is 1. The van der Waals surface area contributed by atoms with Crippen molar-refractivity contribution < 1.29 is 25.0 Å². The molecule has 0 amide bonds. The van der Waals surface area contributed by atoms with E-state index in [0.717, 1.165) is 12.1 Å². The van der Waals surface area contributed by atoms with Crippen LogP contribution in [0.5, 0.6) is 5.75 Å². The number of hydrogen-bond acceptors (Lipinski definition) is 7. The largest absolute Gasteiger partial charge is 0.507 e. The molecule has 0 aliphatic carbocycles. The van der Waals surface area contributed by atoms with E-state index in [1.54, 1.807) is 0 Å². The number of nitriles is 1. The van der Waals surface area contributed by atoms with E-state index in [1.807, 2.05) is 0 Å². The minimum absolute atomic E-state index is 0.164. The second-order valence-corrected chi connectivity index (χ2v) is 3.37. The van der Waals surface area contributed by atoms with E-state index in [-0.39, 0.29) is 6.29 Å². The molecular weight excluding hydrogens is 244 g/mol. The number of hydrogen-bond donors (Lipinski definition) is 3. The maximum absolute atomic E-state index is 10.6. The van der Waals surface area contributed by atoms with E-state index in [0.29, 0.717) is 0 Å². The van der Waals surface area contributed by atoms with Crippen LogP contribution in [0, 0.1) is 21.4 Å². The lowest BCUT2D eigenvalue weighted by molar-refractivity contribution is -0.385. The lowest BCUT2D eigenvalue weighted by Crippen LogP contribution is -2.16. The molecular formula is C10H8N2O6. The number of nitro groups is 1. The Labute approximate surface area is 100 Å². The van der Waals surface area contributed by atoms with Gasteiger partial charge in [-0.05, 0) is 0 Å². The van der Waals surface area contributed by atoms with Gasteiger partial charge in [0.25, 0.3) is 5.69 Å². The first-order valence-corrected chi connectivity index (χ1v) is 4.64. The number of phenols is 1. The van der Waals surface area contributed by atoms with Gasteiger partial charge in [0, 0.05) is 17.7 Å². The van der Waals surface area contributed by atoms with Crippen molar-refractivity contribution in [1.82, 2.24) is 0 Å². The fourth-order valence-corrected chi connectivity index (χ4v) is 1.33. The van der Waals surface area contributed by atoms with Crippen LogP contribution in [0.1, 0.15) is 22.0 Å². The normalized spacial score (nSPS) is 13.4. The van der Waals surface area contributed by atoms with Crippen LogP contribution < -0.4 is 0 Å². The number of aromatic hydroxyl groups is 1. The molecule has 0 radical (unpaired) electrons. The van der Waals surface area contributed by atoms with E-state index < -0.39 is 39.7 Å². The minimum atomic E-state index is -1.88. The van der Waals surface area contributed by atoms with Crippen LogP contribution >= 0.6 is 0 Å². The summed E-state index contributed by atoms with van der Waals surface area (Å²) in [6.45, 7) is 0. The molecule has 0 saturated carbocycles. The minimum Gasteiger partial charge on any atom is -0.507 e. The Morgan fingerprint density at radius 3 is 2.50 bits per heavy atom. The molecule has 8 nitrogen and oxygen atoms in total. The summed E-state index contributed by atoms with van der Waals surface area (Å²) < 4.78 is 0. The van der Waals surface area contributed by atoms with Gasteiger partial charge in [-0.2, -0.15) is 5.26 Å². The highest BCUT2D eigenvalue weighted by molar-refractivity contribution is 5.81. The zero-order chi connectivity index (χ0) is 13.9. The highest BCUT2D eigenvalue weighted by Gasteiger charge is 2.25. The predicted octanol–water partition coefficient (Wildman–Crippen LogP) is 0.0308. The van der Waals surface area contributed by atoms with Gasteiger partial charge in [0.15, 0.2) is 12.4 Å². The van der Waals surface area contributed by atoms with Crippen molar-refractivity contribution in [1.29, 1.82) is 5.26 Å². The predicted molar refractivity (Wildman–Crippen MR) is 56.7 cm³/mol. The lowest BCUT2D eigenvalue weighted by Gasteiger charge is -2.14. The van der Waals surface area contributed by atoms with E-state index in [2.05, 4.69) is 0 Å². The van der Waals surface area contributed by atoms with Crippen LogP contribution in [0.2, 0.25) is 0 Å². The summed E-state index contributed by atoms with van der Waals surface area (Å²) in [5, 5.41) is 47.2. The standard InChI is InChI=1S/C10H8N2O6/c11-3-8(14)10(16)7-2-6(12(17)18)1-5(4-13)9(7)15/h1-2,4,8,10,14-16H. The number of aldehydes is 1. The van der Waals surface area contributed by atoms with Crippen molar-refractivity contribution in [3.63, 3.8) is 0 Å². The third kappa shape index (κ3) is 2.42. The first kappa shape index (κ1) is 13.6. The molecule has 0 aromatic heterocycles.